The second kappa shape index (κ2) is 8.39. The number of carbonyl (C=O) groups is 2. The van der Waals surface area contributed by atoms with Gasteiger partial charge in [0.2, 0.25) is 0 Å². The van der Waals surface area contributed by atoms with Crippen molar-refractivity contribution in [1.29, 1.82) is 0 Å². The molecule has 0 bridgehead atoms. The van der Waals surface area contributed by atoms with Gasteiger partial charge in [-0.3, -0.25) is 4.79 Å². The molecule has 0 aliphatic heterocycles. The Morgan fingerprint density at radius 2 is 1.90 bits per heavy atom. The summed E-state index contributed by atoms with van der Waals surface area (Å²) in [6, 6.07) is 0.114. The van der Waals surface area contributed by atoms with E-state index in [2.05, 4.69) is 11.6 Å². The average Bonchev–Trinajstić information content (AvgIpc) is 2.39. The molecule has 116 valence electrons. The molecule has 0 atom stereocenters. The van der Waals surface area contributed by atoms with Gasteiger partial charge in [0, 0.05) is 23.9 Å². The van der Waals surface area contributed by atoms with Crippen molar-refractivity contribution < 1.29 is 14.7 Å². The molecule has 1 aliphatic rings. The van der Waals surface area contributed by atoms with Crippen LogP contribution < -0.4 is 5.32 Å². The van der Waals surface area contributed by atoms with Crippen molar-refractivity contribution in [3.05, 3.63) is 0 Å². The van der Waals surface area contributed by atoms with Crippen molar-refractivity contribution in [2.24, 2.45) is 0 Å². The summed E-state index contributed by atoms with van der Waals surface area (Å²) in [5, 5.41) is 12.5. The van der Waals surface area contributed by atoms with Crippen LogP contribution in [-0.4, -0.2) is 52.1 Å². The van der Waals surface area contributed by atoms with Crippen LogP contribution in [0, 0.1) is 0 Å². The third-order valence-electron chi connectivity index (χ3n) is 3.79. The van der Waals surface area contributed by atoms with Crippen LogP contribution in [-0.2, 0) is 4.79 Å². The van der Waals surface area contributed by atoms with Gasteiger partial charge >= 0.3 is 12.0 Å². The van der Waals surface area contributed by atoms with Gasteiger partial charge in [0.15, 0.2) is 0 Å². The molecule has 2 N–H and O–H groups in total. The molecule has 1 fully saturated rings. The summed E-state index contributed by atoms with van der Waals surface area (Å²) in [6.07, 6.45) is 6.44. The van der Waals surface area contributed by atoms with E-state index in [1.165, 1.54) is 0 Å². The van der Waals surface area contributed by atoms with E-state index in [4.69, 9.17) is 5.11 Å². The molecule has 2 amide bonds. The Morgan fingerprint density at radius 1 is 1.30 bits per heavy atom. The molecular formula is C14H26N2O3S. The van der Waals surface area contributed by atoms with Gasteiger partial charge in [-0.2, -0.15) is 11.8 Å². The minimum absolute atomic E-state index is 0.00911. The summed E-state index contributed by atoms with van der Waals surface area (Å²) in [5.74, 6) is -0.871. The van der Waals surface area contributed by atoms with E-state index < -0.39 is 5.97 Å². The molecule has 6 heteroatoms. The topological polar surface area (TPSA) is 69.6 Å². The van der Waals surface area contributed by atoms with Crippen molar-refractivity contribution in [3.63, 3.8) is 0 Å². The third-order valence-corrected chi connectivity index (χ3v) is 4.92. The molecular weight excluding hydrogens is 276 g/mol. The maximum atomic E-state index is 12.2. The lowest BCUT2D eigenvalue weighted by Gasteiger charge is -2.32. The minimum Gasteiger partial charge on any atom is -0.481 e. The van der Waals surface area contributed by atoms with Gasteiger partial charge in [-0.1, -0.05) is 0 Å². The number of urea groups is 1. The molecule has 0 radical (unpaired) electrons. The molecule has 0 aromatic rings. The second-order valence-corrected chi connectivity index (χ2v) is 6.73. The van der Waals surface area contributed by atoms with Crippen molar-refractivity contribution in [3.8, 4) is 0 Å². The Balaban J connectivity index is 2.44. The fourth-order valence-corrected chi connectivity index (χ4v) is 3.25. The fraction of sp³-hybridized carbons (Fsp3) is 0.857. The molecule has 0 aromatic carbocycles. The molecule has 0 aromatic heterocycles. The van der Waals surface area contributed by atoms with E-state index in [0.717, 1.165) is 30.9 Å². The first-order valence-electron chi connectivity index (χ1n) is 7.25. The van der Waals surface area contributed by atoms with Crippen LogP contribution in [0.2, 0.25) is 0 Å². The zero-order valence-electron chi connectivity index (χ0n) is 12.6. The van der Waals surface area contributed by atoms with Crippen molar-refractivity contribution >= 4 is 23.8 Å². The number of hydrogen-bond donors (Lipinski definition) is 2. The van der Waals surface area contributed by atoms with Crippen LogP contribution in [0.1, 0.15) is 46.0 Å². The quantitative estimate of drug-likeness (QED) is 0.791. The number of carbonyl (C=O) groups excluding carboxylic acids is 1. The van der Waals surface area contributed by atoms with E-state index >= 15 is 0 Å². The lowest BCUT2D eigenvalue weighted by atomic mass is 9.95. The summed E-state index contributed by atoms with van der Waals surface area (Å²) >= 11 is 1.90. The van der Waals surface area contributed by atoms with E-state index in [1.807, 2.05) is 25.6 Å². The van der Waals surface area contributed by atoms with Crippen LogP contribution in [0.25, 0.3) is 0 Å². The first-order chi connectivity index (χ1) is 9.43. The fourth-order valence-electron chi connectivity index (χ4n) is 2.51. The summed E-state index contributed by atoms with van der Waals surface area (Å²) in [5.41, 5.74) is 0. The van der Waals surface area contributed by atoms with Gasteiger partial charge < -0.3 is 15.3 Å². The maximum absolute atomic E-state index is 12.2. The largest absolute Gasteiger partial charge is 0.481 e. The molecule has 0 unspecified atom stereocenters. The smallest absolute Gasteiger partial charge is 0.317 e. The highest BCUT2D eigenvalue weighted by Gasteiger charge is 2.25. The molecule has 0 spiro atoms. The Labute approximate surface area is 125 Å². The second-order valence-electron chi connectivity index (χ2n) is 5.59. The number of amides is 2. The first-order valence-corrected chi connectivity index (χ1v) is 8.54. The van der Waals surface area contributed by atoms with Crippen LogP contribution in [0.4, 0.5) is 4.79 Å². The summed E-state index contributed by atoms with van der Waals surface area (Å²) in [7, 11) is 0. The Morgan fingerprint density at radius 3 is 2.35 bits per heavy atom. The number of nitrogens with zero attached hydrogens (tertiary/aromatic N) is 1. The van der Waals surface area contributed by atoms with E-state index in [0.29, 0.717) is 0 Å². The summed E-state index contributed by atoms with van der Waals surface area (Å²) < 4.78 is 0. The van der Waals surface area contributed by atoms with Gasteiger partial charge in [-0.05, 0) is 45.8 Å². The highest BCUT2D eigenvalue weighted by molar-refractivity contribution is 7.99. The van der Waals surface area contributed by atoms with Gasteiger partial charge in [0.25, 0.3) is 0 Å². The number of thioether (sulfide) groups is 1. The van der Waals surface area contributed by atoms with Crippen LogP contribution in [0.5, 0.6) is 0 Å². The highest BCUT2D eigenvalue weighted by atomic mass is 32.2. The number of carboxylic acids is 1. The molecule has 0 saturated heterocycles. The van der Waals surface area contributed by atoms with Crippen LogP contribution in [0.3, 0.4) is 0 Å². The van der Waals surface area contributed by atoms with Crippen LogP contribution in [0.15, 0.2) is 0 Å². The van der Waals surface area contributed by atoms with Gasteiger partial charge in [0.05, 0.1) is 6.42 Å². The maximum Gasteiger partial charge on any atom is 0.317 e. The first kappa shape index (κ1) is 17.1. The number of carboxylic acid groups (broad SMARTS) is 1. The van der Waals surface area contributed by atoms with E-state index in [1.54, 1.807) is 4.90 Å². The van der Waals surface area contributed by atoms with Crippen molar-refractivity contribution in [1.82, 2.24) is 10.2 Å². The number of nitrogens with one attached hydrogen (secondary N) is 1. The Bertz CT molecular complexity index is 328. The SMILES string of the molecule is CSC1CCC(NC(=O)N(CCC(=O)O)C(C)C)CC1. The predicted molar refractivity (Wildman–Crippen MR) is 82.2 cm³/mol. The molecule has 0 heterocycles. The number of hydrogen-bond acceptors (Lipinski definition) is 3. The van der Waals surface area contributed by atoms with Crippen LogP contribution >= 0.6 is 11.8 Å². The Hall–Kier alpha value is -0.910. The molecule has 1 aliphatic carbocycles. The monoisotopic (exact) mass is 302 g/mol. The summed E-state index contributed by atoms with van der Waals surface area (Å²) in [6.45, 7) is 4.08. The predicted octanol–water partition coefficient (Wildman–Crippen LogP) is 2.56. The van der Waals surface area contributed by atoms with Gasteiger partial charge in [-0.25, -0.2) is 4.79 Å². The van der Waals surface area contributed by atoms with E-state index in [9.17, 15) is 9.59 Å². The minimum atomic E-state index is -0.871. The average molecular weight is 302 g/mol. The van der Waals surface area contributed by atoms with E-state index in [-0.39, 0.29) is 31.1 Å². The van der Waals surface area contributed by atoms with Gasteiger partial charge in [-0.15, -0.1) is 0 Å². The number of aliphatic carboxylic acids is 1. The molecule has 1 saturated carbocycles. The van der Waals surface area contributed by atoms with Gasteiger partial charge in [0.1, 0.15) is 0 Å². The third kappa shape index (κ3) is 5.61. The standard InChI is InChI=1S/C14H26N2O3S/c1-10(2)16(9-8-13(17)18)14(19)15-11-4-6-12(20-3)7-5-11/h10-12H,4-9H2,1-3H3,(H,15,19)(H,17,18). The molecule has 20 heavy (non-hydrogen) atoms. The normalized spacial score (nSPS) is 22.6. The zero-order chi connectivity index (χ0) is 15.1. The lowest BCUT2D eigenvalue weighted by molar-refractivity contribution is -0.137. The zero-order valence-corrected chi connectivity index (χ0v) is 13.4. The summed E-state index contributed by atoms with van der Waals surface area (Å²) in [4.78, 5) is 24.5. The Kier molecular flexibility index (Phi) is 7.19. The van der Waals surface area contributed by atoms with Crippen molar-refractivity contribution in [2.45, 2.75) is 63.3 Å². The number of rotatable bonds is 6. The van der Waals surface area contributed by atoms with Crippen molar-refractivity contribution in [2.75, 3.05) is 12.8 Å². The molecule has 5 nitrogen and oxygen atoms in total. The lowest BCUT2D eigenvalue weighted by Crippen LogP contribution is -2.49. The molecule has 1 rings (SSSR count). The highest BCUT2D eigenvalue weighted by Crippen LogP contribution is 2.26.